The Morgan fingerprint density at radius 3 is 2.24 bits per heavy atom. The van der Waals surface area contributed by atoms with Crippen LogP contribution in [0.3, 0.4) is 0 Å². The molecule has 4 nitrogen and oxygen atoms in total. The van der Waals surface area contributed by atoms with E-state index < -0.39 is 45.2 Å². The fourth-order valence-corrected chi connectivity index (χ4v) is 5.15. The molecule has 34 heavy (non-hydrogen) atoms. The monoisotopic (exact) mass is 562 g/mol. The minimum absolute atomic E-state index is 0.0742. The molecule has 0 radical (unpaired) electrons. The van der Waals surface area contributed by atoms with Gasteiger partial charge in [0.25, 0.3) is 5.91 Å². The predicted molar refractivity (Wildman–Crippen MR) is 132 cm³/mol. The molecule has 2 amide bonds. The van der Waals surface area contributed by atoms with Crippen LogP contribution in [0.5, 0.6) is 0 Å². The number of benzene rings is 3. The highest BCUT2D eigenvalue weighted by Crippen LogP contribution is 2.65. The molecule has 0 aliphatic heterocycles. The van der Waals surface area contributed by atoms with Crippen molar-refractivity contribution in [1.82, 2.24) is 0 Å². The smallest absolute Gasteiger partial charge is 0.258 e. The molecule has 3 aromatic carbocycles. The van der Waals surface area contributed by atoms with Gasteiger partial charge in [-0.05, 0) is 54.1 Å². The Labute approximate surface area is 218 Å². The Hall–Kier alpha value is -2.09. The molecular weight excluding hydrogens is 552 g/mol. The van der Waals surface area contributed by atoms with Gasteiger partial charge in [-0.15, -0.1) is 23.2 Å². The topological polar surface area (TPSA) is 58.2 Å². The summed E-state index contributed by atoms with van der Waals surface area (Å²) >= 11 is 31.0. The Bertz CT molecular complexity index is 1300. The number of halogens is 7. The van der Waals surface area contributed by atoms with Crippen LogP contribution in [0.25, 0.3) is 0 Å². The first-order valence-electron chi connectivity index (χ1n) is 9.68. The van der Waals surface area contributed by atoms with Crippen molar-refractivity contribution in [3.8, 4) is 0 Å². The zero-order valence-electron chi connectivity index (χ0n) is 16.8. The molecule has 11 heteroatoms. The van der Waals surface area contributed by atoms with Crippen LogP contribution < -0.4 is 10.6 Å². The highest BCUT2D eigenvalue weighted by Gasteiger charge is 2.67. The molecule has 1 saturated carbocycles. The van der Waals surface area contributed by atoms with E-state index in [1.54, 1.807) is 18.2 Å². The molecule has 1 fully saturated rings. The van der Waals surface area contributed by atoms with Gasteiger partial charge in [-0.25, -0.2) is 8.78 Å². The second-order valence-electron chi connectivity index (χ2n) is 7.57. The number of carbonyl (C=O) groups excluding carboxylic acids is 2. The summed E-state index contributed by atoms with van der Waals surface area (Å²) in [6, 6.07) is 12.3. The van der Waals surface area contributed by atoms with E-state index in [9.17, 15) is 18.4 Å². The lowest BCUT2D eigenvalue weighted by molar-refractivity contribution is -0.117. The quantitative estimate of drug-likeness (QED) is 0.312. The van der Waals surface area contributed by atoms with Crippen LogP contribution in [0.4, 0.5) is 20.2 Å². The van der Waals surface area contributed by atoms with Crippen molar-refractivity contribution in [2.24, 2.45) is 5.92 Å². The molecule has 2 atom stereocenters. The number of hydrogen-bond donors (Lipinski definition) is 2. The van der Waals surface area contributed by atoms with Crippen LogP contribution in [0.15, 0.2) is 54.6 Å². The summed E-state index contributed by atoms with van der Waals surface area (Å²) in [5.74, 6) is -5.20. The van der Waals surface area contributed by atoms with Gasteiger partial charge in [-0.2, -0.15) is 0 Å². The fourth-order valence-electron chi connectivity index (χ4n) is 3.61. The number of hydrogen-bond acceptors (Lipinski definition) is 2. The van der Waals surface area contributed by atoms with E-state index in [0.29, 0.717) is 15.6 Å². The summed E-state index contributed by atoms with van der Waals surface area (Å²) in [6.45, 7) is 0. The third kappa shape index (κ3) is 4.97. The molecule has 0 aromatic heterocycles. The lowest BCUT2D eigenvalue weighted by Gasteiger charge is -2.11. The average molecular weight is 565 g/mol. The highest BCUT2D eigenvalue weighted by atomic mass is 35.5. The predicted octanol–water partition coefficient (Wildman–Crippen LogP) is 7.70. The third-order valence-electron chi connectivity index (χ3n) is 5.26. The van der Waals surface area contributed by atoms with Gasteiger partial charge < -0.3 is 10.6 Å². The Balaban J connectivity index is 1.51. The molecule has 1 aliphatic carbocycles. The van der Waals surface area contributed by atoms with E-state index in [1.165, 1.54) is 24.3 Å². The summed E-state index contributed by atoms with van der Waals surface area (Å²) in [7, 11) is 0. The maximum atomic E-state index is 13.9. The first-order valence-corrected chi connectivity index (χ1v) is 11.6. The Morgan fingerprint density at radius 2 is 1.56 bits per heavy atom. The summed E-state index contributed by atoms with van der Waals surface area (Å²) in [5.41, 5.74) is 0.456. The number of amides is 2. The molecule has 4 rings (SSSR count). The van der Waals surface area contributed by atoms with Crippen molar-refractivity contribution in [1.29, 1.82) is 0 Å². The van der Waals surface area contributed by atoms with Gasteiger partial charge >= 0.3 is 0 Å². The van der Waals surface area contributed by atoms with Gasteiger partial charge in [0.2, 0.25) is 5.91 Å². The zero-order chi connectivity index (χ0) is 24.8. The van der Waals surface area contributed by atoms with E-state index in [2.05, 4.69) is 10.6 Å². The molecule has 1 aliphatic rings. The summed E-state index contributed by atoms with van der Waals surface area (Å²) in [4.78, 5) is 25.3. The van der Waals surface area contributed by atoms with E-state index in [1.807, 2.05) is 0 Å². The maximum absolute atomic E-state index is 13.9. The third-order valence-corrected chi connectivity index (χ3v) is 6.96. The van der Waals surface area contributed by atoms with Crippen molar-refractivity contribution < 1.29 is 18.4 Å². The summed E-state index contributed by atoms with van der Waals surface area (Å²) < 4.78 is 26.0. The molecule has 0 spiro atoms. The van der Waals surface area contributed by atoms with Crippen molar-refractivity contribution in [2.45, 2.75) is 10.3 Å². The molecule has 0 heterocycles. The molecule has 0 bridgehead atoms. The van der Waals surface area contributed by atoms with E-state index in [4.69, 9.17) is 58.0 Å². The lowest BCUT2D eigenvalue weighted by atomic mass is 10.1. The fraction of sp³-hybridized carbons (Fsp3) is 0.130. The Morgan fingerprint density at radius 1 is 0.882 bits per heavy atom. The minimum Gasteiger partial charge on any atom is -0.326 e. The molecule has 0 saturated heterocycles. The first-order chi connectivity index (χ1) is 16.0. The zero-order valence-corrected chi connectivity index (χ0v) is 20.6. The largest absolute Gasteiger partial charge is 0.326 e. The van der Waals surface area contributed by atoms with Crippen LogP contribution in [-0.2, 0) is 4.79 Å². The minimum atomic E-state index is -1.38. The van der Waals surface area contributed by atoms with Gasteiger partial charge in [0.15, 0.2) is 11.6 Å². The molecule has 176 valence electrons. The molecular formula is C23H13Cl5F2N2O2. The summed E-state index contributed by atoms with van der Waals surface area (Å²) in [6.07, 6.45) is 0. The molecule has 0 unspecified atom stereocenters. The van der Waals surface area contributed by atoms with Crippen molar-refractivity contribution in [3.05, 3.63) is 92.4 Å². The van der Waals surface area contributed by atoms with E-state index in [-0.39, 0.29) is 16.4 Å². The van der Waals surface area contributed by atoms with Crippen LogP contribution in [0.1, 0.15) is 21.8 Å². The SMILES string of the molecule is O=C(Nc1cc(NC(=O)[C@H]2[C@H](c3cc(Cl)cc(Cl)c3)C2(Cl)Cl)ccc1Cl)c1cccc(F)c1F. The number of anilines is 2. The molecule has 2 N–H and O–H groups in total. The van der Waals surface area contributed by atoms with Gasteiger partial charge in [-0.3, -0.25) is 9.59 Å². The van der Waals surface area contributed by atoms with E-state index >= 15 is 0 Å². The second-order valence-corrected chi connectivity index (χ2v) is 10.3. The standard InChI is InChI=1S/C23H13Cl5F2N2O2/c24-11-6-10(7-12(25)8-11)18-19(23(18,27)28)22(34)31-13-4-5-15(26)17(9-13)32-21(33)14-2-1-3-16(29)20(14)30/h1-9,18-19H,(H,31,34)(H,32,33)/t18-,19+/m0/s1. The molecule has 3 aromatic rings. The highest BCUT2D eigenvalue weighted by molar-refractivity contribution is 6.53. The van der Waals surface area contributed by atoms with Crippen molar-refractivity contribution >= 4 is 81.2 Å². The Kier molecular flexibility index (Phi) is 7.00. The number of alkyl halides is 2. The summed E-state index contributed by atoms with van der Waals surface area (Å²) in [5, 5.41) is 5.95. The van der Waals surface area contributed by atoms with Crippen LogP contribution >= 0.6 is 58.0 Å². The first kappa shape index (κ1) is 25.0. The average Bonchev–Trinajstić information content (AvgIpc) is 3.34. The van der Waals surface area contributed by atoms with Gasteiger partial charge in [0, 0.05) is 21.7 Å². The number of rotatable bonds is 5. The van der Waals surface area contributed by atoms with Gasteiger partial charge in [0.1, 0.15) is 4.33 Å². The number of carbonyl (C=O) groups is 2. The maximum Gasteiger partial charge on any atom is 0.258 e. The van der Waals surface area contributed by atoms with Crippen LogP contribution in [0, 0.1) is 17.6 Å². The number of nitrogens with one attached hydrogen (secondary N) is 2. The van der Waals surface area contributed by atoms with Crippen LogP contribution in [-0.4, -0.2) is 16.1 Å². The van der Waals surface area contributed by atoms with Gasteiger partial charge in [-0.1, -0.05) is 40.9 Å². The van der Waals surface area contributed by atoms with Gasteiger partial charge in [0.05, 0.1) is 22.2 Å². The lowest BCUT2D eigenvalue weighted by Crippen LogP contribution is -2.18. The normalized spacial score (nSPS) is 18.3. The van der Waals surface area contributed by atoms with Crippen molar-refractivity contribution in [2.75, 3.05) is 10.6 Å². The van der Waals surface area contributed by atoms with Crippen molar-refractivity contribution in [3.63, 3.8) is 0 Å². The second kappa shape index (κ2) is 9.51. The van der Waals surface area contributed by atoms with E-state index in [0.717, 1.165) is 12.1 Å². The van der Waals surface area contributed by atoms with Crippen LogP contribution in [0.2, 0.25) is 15.1 Å².